The van der Waals surface area contributed by atoms with E-state index < -0.39 is 0 Å². The molecule has 0 unspecified atom stereocenters. The summed E-state index contributed by atoms with van der Waals surface area (Å²) in [5, 5.41) is 1.94. The number of Topliss-reactive ketones (excluding diaryl/α,β-unsaturated/α-hetero) is 2. The molecule has 124 valence electrons. The van der Waals surface area contributed by atoms with Gasteiger partial charge in [0.25, 0.3) is 0 Å². The maximum Gasteiger partial charge on any atom is 0.167 e. The highest BCUT2D eigenvalue weighted by Gasteiger charge is 2.18. The van der Waals surface area contributed by atoms with Gasteiger partial charge in [-0.25, -0.2) is 0 Å². The Morgan fingerprint density at radius 3 is 1.91 bits per heavy atom. The van der Waals surface area contributed by atoms with Crippen LogP contribution >= 0.6 is 28.3 Å². The Morgan fingerprint density at radius 1 is 1.05 bits per heavy atom. The monoisotopic (exact) mass is 388 g/mol. The van der Waals surface area contributed by atoms with Gasteiger partial charge in [0, 0.05) is 30.8 Å². The van der Waals surface area contributed by atoms with Gasteiger partial charge in [-0.2, -0.15) is 0 Å². The van der Waals surface area contributed by atoms with Gasteiger partial charge in [-0.15, -0.1) is 28.3 Å². The molecule has 0 spiro atoms. The van der Waals surface area contributed by atoms with E-state index in [0.717, 1.165) is 4.88 Å². The first-order valence-electron chi connectivity index (χ1n) is 7.01. The number of ketones is 2. The van der Waals surface area contributed by atoms with E-state index in [1.165, 1.54) is 11.3 Å². The lowest BCUT2D eigenvalue weighted by Crippen LogP contribution is -2.23. The second-order valence-electron chi connectivity index (χ2n) is 5.53. The normalized spacial score (nSPS) is 10.5. The average molecular weight is 389 g/mol. The number of nitrogens with zero attached hydrogens (tertiary/aromatic N) is 2. The number of allylic oxidation sites excluding steroid dienone is 1. The van der Waals surface area contributed by atoms with Crippen molar-refractivity contribution < 1.29 is 9.59 Å². The SMILES string of the molecule is Br.CN(C)CCC(=O)C(=Cc1cccs1)C(=O)CCN(C)C. The lowest BCUT2D eigenvalue weighted by atomic mass is 10.0. The van der Waals surface area contributed by atoms with Gasteiger partial charge in [0.1, 0.15) is 0 Å². The van der Waals surface area contributed by atoms with Gasteiger partial charge in [0.15, 0.2) is 11.6 Å². The third-order valence-electron chi connectivity index (χ3n) is 3.00. The second kappa shape index (κ2) is 10.8. The molecule has 0 bridgehead atoms. The highest BCUT2D eigenvalue weighted by Crippen LogP contribution is 2.16. The lowest BCUT2D eigenvalue weighted by Gasteiger charge is -2.12. The Kier molecular flexibility index (Phi) is 10.4. The molecule has 0 amide bonds. The van der Waals surface area contributed by atoms with Gasteiger partial charge in [0.2, 0.25) is 0 Å². The molecule has 4 nitrogen and oxygen atoms in total. The number of rotatable bonds is 9. The quantitative estimate of drug-likeness (QED) is 0.370. The fourth-order valence-corrected chi connectivity index (χ4v) is 2.41. The highest BCUT2D eigenvalue weighted by atomic mass is 79.9. The molecule has 0 saturated heterocycles. The van der Waals surface area contributed by atoms with Crippen LogP contribution in [0.25, 0.3) is 6.08 Å². The standard InChI is InChI=1S/C16H24N2O2S.BrH/c1-17(2)9-7-15(19)14(12-13-6-5-11-21-13)16(20)8-10-18(3)4;/h5-6,11-12H,7-10H2,1-4H3;1H. The van der Waals surface area contributed by atoms with Crippen molar-refractivity contribution in [1.82, 2.24) is 9.80 Å². The van der Waals surface area contributed by atoms with Gasteiger partial charge in [-0.3, -0.25) is 9.59 Å². The summed E-state index contributed by atoms with van der Waals surface area (Å²) in [5.41, 5.74) is 0.334. The number of hydrogen-bond acceptors (Lipinski definition) is 5. The van der Waals surface area contributed by atoms with E-state index in [1.807, 2.05) is 55.5 Å². The largest absolute Gasteiger partial charge is 0.309 e. The molecule has 1 rings (SSSR count). The third kappa shape index (κ3) is 7.98. The van der Waals surface area contributed by atoms with Crippen LogP contribution in [0.3, 0.4) is 0 Å². The number of carbonyl (C=O) groups excluding carboxylic acids is 2. The Balaban J connectivity index is 0.00000441. The number of hydrogen-bond donors (Lipinski definition) is 0. The van der Waals surface area contributed by atoms with E-state index in [4.69, 9.17) is 0 Å². The molecule has 0 aliphatic rings. The minimum Gasteiger partial charge on any atom is -0.309 e. The number of carbonyl (C=O) groups is 2. The van der Waals surface area contributed by atoms with E-state index in [2.05, 4.69) is 0 Å². The minimum atomic E-state index is -0.0687. The van der Waals surface area contributed by atoms with Crippen LogP contribution < -0.4 is 0 Å². The molecular weight excluding hydrogens is 364 g/mol. The van der Waals surface area contributed by atoms with E-state index in [-0.39, 0.29) is 28.5 Å². The summed E-state index contributed by atoms with van der Waals surface area (Å²) in [7, 11) is 7.68. The van der Waals surface area contributed by atoms with Crippen LogP contribution in [-0.2, 0) is 9.59 Å². The summed E-state index contributed by atoms with van der Waals surface area (Å²) in [6.45, 7) is 1.31. The lowest BCUT2D eigenvalue weighted by molar-refractivity contribution is -0.121. The van der Waals surface area contributed by atoms with Crippen LogP contribution in [0.4, 0.5) is 0 Å². The van der Waals surface area contributed by atoms with Crippen LogP contribution in [0, 0.1) is 0 Å². The minimum absolute atomic E-state index is 0. The van der Waals surface area contributed by atoms with Gasteiger partial charge < -0.3 is 9.80 Å². The second-order valence-corrected chi connectivity index (χ2v) is 6.51. The first kappa shape index (κ1) is 21.2. The Bertz CT molecular complexity index is 470. The van der Waals surface area contributed by atoms with E-state index in [9.17, 15) is 9.59 Å². The van der Waals surface area contributed by atoms with Crippen molar-refractivity contribution in [1.29, 1.82) is 0 Å². The molecule has 1 heterocycles. The van der Waals surface area contributed by atoms with Gasteiger partial charge >= 0.3 is 0 Å². The van der Waals surface area contributed by atoms with Crippen LogP contribution in [-0.4, -0.2) is 62.6 Å². The molecule has 1 aromatic heterocycles. The van der Waals surface area contributed by atoms with Crippen molar-refractivity contribution in [3.8, 4) is 0 Å². The van der Waals surface area contributed by atoms with Crippen molar-refractivity contribution in [2.45, 2.75) is 12.8 Å². The Hall–Kier alpha value is -0.820. The van der Waals surface area contributed by atoms with Crippen LogP contribution in [0.5, 0.6) is 0 Å². The van der Waals surface area contributed by atoms with E-state index in [1.54, 1.807) is 6.08 Å². The molecule has 0 aliphatic carbocycles. The predicted molar refractivity (Wildman–Crippen MR) is 99.0 cm³/mol. The van der Waals surface area contributed by atoms with Gasteiger partial charge in [-0.05, 0) is 45.7 Å². The van der Waals surface area contributed by atoms with Gasteiger partial charge in [0.05, 0.1) is 5.57 Å². The van der Waals surface area contributed by atoms with Crippen molar-refractivity contribution in [2.75, 3.05) is 41.3 Å². The summed E-state index contributed by atoms with van der Waals surface area (Å²) in [4.78, 5) is 29.5. The summed E-state index contributed by atoms with van der Waals surface area (Å²) in [5.74, 6) is -0.137. The molecule has 22 heavy (non-hydrogen) atoms. The molecule has 0 saturated carbocycles. The maximum atomic E-state index is 12.3. The van der Waals surface area contributed by atoms with Crippen molar-refractivity contribution in [3.63, 3.8) is 0 Å². The van der Waals surface area contributed by atoms with E-state index in [0.29, 0.717) is 31.5 Å². The number of thiophene rings is 1. The molecule has 0 N–H and O–H groups in total. The molecule has 0 atom stereocenters. The summed E-state index contributed by atoms with van der Waals surface area (Å²) < 4.78 is 0. The molecule has 1 aromatic rings. The summed E-state index contributed by atoms with van der Waals surface area (Å²) in [6.07, 6.45) is 2.48. The predicted octanol–water partition coefficient (Wildman–Crippen LogP) is 2.75. The summed E-state index contributed by atoms with van der Waals surface area (Å²) in [6, 6.07) is 3.84. The zero-order chi connectivity index (χ0) is 15.8. The average Bonchev–Trinajstić information content (AvgIpc) is 2.92. The smallest absolute Gasteiger partial charge is 0.167 e. The summed E-state index contributed by atoms with van der Waals surface area (Å²) >= 11 is 1.53. The molecule has 0 aromatic carbocycles. The molecular formula is C16H25BrN2O2S. The first-order valence-corrected chi connectivity index (χ1v) is 7.89. The van der Waals surface area contributed by atoms with Gasteiger partial charge in [-0.1, -0.05) is 6.07 Å². The molecule has 0 radical (unpaired) electrons. The fourth-order valence-electron chi connectivity index (χ4n) is 1.75. The Labute approximate surface area is 147 Å². The zero-order valence-electron chi connectivity index (χ0n) is 13.7. The van der Waals surface area contributed by atoms with Crippen LogP contribution in [0.15, 0.2) is 23.1 Å². The first-order chi connectivity index (χ1) is 9.90. The molecule has 6 heteroatoms. The van der Waals surface area contributed by atoms with E-state index >= 15 is 0 Å². The van der Waals surface area contributed by atoms with Crippen molar-refractivity contribution >= 4 is 46.0 Å². The topological polar surface area (TPSA) is 40.6 Å². The van der Waals surface area contributed by atoms with Crippen molar-refractivity contribution in [2.24, 2.45) is 0 Å². The Morgan fingerprint density at radius 2 is 1.55 bits per heavy atom. The van der Waals surface area contributed by atoms with Crippen LogP contribution in [0.2, 0.25) is 0 Å². The zero-order valence-corrected chi connectivity index (χ0v) is 16.2. The maximum absolute atomic E-state index is 12.3. The fraction of sp³-hybridized carbons (Fsp3) is 0.500. The third-order valence-corrected chi connectivity index (χ3v) is 3.82. The highest BCUT2D eigenvalue weighted by molar-refractivity contribution is 8.93. The van der Waals surface area contributed by atoms with Crippen molar-refractivity contribution in [3.05, 3.63) is 28.0 Å². The molecule has 0 fully saturated rings. The molecule has 0 aliphatic heterocycles. The van der Waals surface area contributed by atoms with Crippen LogP contribution in [0.1, 0.15) is 17.7 Å². The number of halogens is 1.